The fourth-order valence-electron chi connectivity index (χ4n) is 1.51. The zero-order chi connectivity index (χ0) is 13.5. The number of carbonyl (C=O) groups excluding carboxylic acids is 1. The fraction of sp³-hybridized carbons (Fsp3) is 0.143. The second-order valence-corrected chi connectivity index (χ2v) is 3.92. The number of alkyl carbamates (subject to hydrolysis) is 1. The van der Waals surface area contributed by atoms with Gasteiger partial charge in [-0.2, -0.15) is 0 Å². The van der Waals surface area contributed by atoms with E-state index in [1.54, 1.807) is 30.5 Å². The van der Waals surface area contributed by atoms with E-state index in [4.69, 9.17) is 4.74 Å². The van der Waals surface area contributed by atoms with Gasteiger partial charge < -0.3 is 15.2 Å². The third-order valence-corrected chi connectivity index (χ3v) is 2.42. The molecule has 19 heavy (non-hydrogen) atoms. The van der Waals surface area contributed by atoms with Crippen molar-refractivity contribution < 1.29 is 14.6 Å². The molecule has 0 radical (unpaired) electrons. The van der Waals surface area contributed by atoms with Gasteiger partial charge in [-0.05, 0) is 29.8 Å². The fourth-order valence-corrected chi connectivity index (χ4v) is 1.51. The number of aromatic hydroxyl groups is 1. The lowest BCUT2D eigenvalue weighted by Crippen LogP contribution is -2.24. The number of ether oxygens (including phenoxy) is 1. The number of pyridine rings is 1. The predicted octanol–water partition coefficient (Wildman–Crippen LogP) is 2.21. The molecule has 0 aliphatic rings. The van der Waals surface area contributed by atoms with E-state index in [1.807, 2.05) is 18.2 Å². The van der Waals surface area contributed by atoms with Gasteiger partial charge in [-0.3, -0.25) is 4.98 Å². The van der Waals surface area contributed by atoms with E-state index in [0.717, 1.165) is 11.3 Å². The Balaban J connectivity index is 1.76. The van der Waals surface area contributed by atoms with Crippen molar-refractivity contribution in [3.05, 3.63) is 59.9 Å². The molecule has 2 rings (SSSR count). The van der Waals surface area contributed by atoms with Crippen LogP contribution >= 0.6 is 0 Å². The largest absolute Gasteiger partial charge is 0.508 e. The molecule has 5 heteroatoms. The first-order chi connectivity index (χ1) is 9.24. The predicted molar refractivity (Wildman–Crippen MR) is 69.4 cm³/mol. The van der Waals surface area contributed by atoms with Crippen molar-refractivity contribution >= 4 is 6.09 Å². The van der Waals surface area contributed by atoms with Gasteiger partial charge in [0.2, 0.25) is 0 Å². The average molecular weight is 258 g/mol. The van der Waals surface area contributed by atoms with Gasteiger partial charge in [-0.25, -0.2) is 4.79 Å². The SMILES string of the molecule is O=C(NCc1ccccn1)OCc1cccc(O)c1. The van der Waals surface area contributed by atoms with Crippen molar-refractivity contribution in [1.82, 2.24) is 10.3 Å². The summed E-state index contributed by atoms with van der Waals surface area (Å²) in [6.07, 6.45) is 1.14. The molecule has 0 aliphatic carbocycles. The minimum atomic E-state index is -0.519. The summed E-state index contributed by atoms with van der Waals surface area (Å²) in [4.78, 5) is 15.5. The molecule has 5 nitrogen and oxygen atoms in total. The highest BCUT2D eigenvalue weighted by atomic mass is 16.5. The number of hydrogen-bond acceptors (Lipinski definition) is 4. The van der Waals surface area contributed by atoms with Crippen molar-refractivity contribution in [3.63, 3.8) is 0 Å². The van der Waals surface area contributed by atoms with E-state index in [2.05, 4.69) is 10.3 Å². The third kappa shape index (κ3) is 4.31. The summed E-state index contributed by atoms with van der Waals surface area (Å²) in [5.41, 5.74) is 1.49. The van der Waals surface area contributed by atoms with Crippen LogP contribution in [0.15, 0.2) is 48.7 Å². The summed E-state index contributed by atoms with van der Waals surface area (Å²) in [6.45, 7) is 0.433. The van der Waals surface area contributed by atoms with E-state index in [9.17, 15) is 9.90 Å². The maximum Gasteiger partial charge on any atom is 0.407 e. The zero-order valence-electron chi connectivity index (χ0n) is 10.2. The van der Waals surface area contributed by atoms with Crippen LogP contribution in [0, 0.1) is 0 Å². The molecule has 98 valence electrons. The monoisotopic (exact) mass is 258 g/mol. The van der Waals surface area contributed by atoms with Gasteiger partial charge in [-0.1, -0.05) is 18.2 Å². The van der Waals surface area contributed by atoms with Crippen LogP contribution in [-0.2, 0) is 17.9 Å². The van der Waals surface area contributed by atoms with E-state index in [-0.39, 0.29) is 12.4 Å². The first-order valence-electron chi connectivity index (χ1n) is 5.82. The Morgan fingerprint density at radius 1 is 1.26 bits per heavy atom. The highest BCUT2D eigenvalue weighted by Gasteiger charge is 2.03. The van der Waals surface area contributed by atoms with Gasteiger partial charge in [-0.15, -0.1) is 0 Å². The first-order valence-corrected chi connectivity index (χ1v) is 5.82. The van der Waals surface area contributed by atoms with Crippen LogP contribution in [0.25, 0.3) is 0 Å². The third-order valence-electron chi connectivity index (χ3n) is 2.42. The first kappa shape index (κ1) is 12.9. The quantitative estimate of drug-likeness (QED) is 0.882. The lowest BCUT2D eigenvalue weighted by Gasteiger charge is -2.07. The lowest BCUT2D eigenvalue weighted by atomic mass is 10.2. The molecule has 1 aromatic carbocycles. The Bertz CT molecular complexity index is 543. The minimum Gasteiger partial charge on any atom is -0.508 e. The number of hydrogen-bond donors (Lipinski definition) is 2. The molecule has 1 amide bonds. The smallest absolute Gasteiger partial charge is 0.407 e. The number of rotatable bonds is 4. The lowest BCUT2D eigenvalue weighted by molar-refractivity contribution is 0.139. The van der Waals surface area contributed by atoms with Crippen LogP contribution in [0.4, 0.5) is 4.79 Å². The maximum absolute atomic E-state index is 11.5. The van der Waals surface area contributed by atoms with E-state index >= 15 is 0 Å². The molecule has 2 N–H and O–H groups in total. The Morgan fingerprint density at radius 2 is 2.16 bits per heavy atom. The number of phenols is 1. The minimum absolute atomic E-state index is 0.114. The molecule has 0 spiro atoms. The number of nitrogens with zero attached hydrogens (tertiary/aromatic N) is 1. The van der Waals surface area contributed by atoms with Crippen molar-refractivity contribution in [2.45, 2.75) is 13.2 Å². The number of carbonyl (C=O) groups is 1. The van der Waals surface area contributed by atoms with Crippen molar-refractivity contribution in [1.29, 1.82) is 0 Å². The molecule has 1 heterocycles. The maximum atomic E-state index is 11.5. The van der Waals surface area contributed by atoms with Gasteiger partial charge >= 0.3 is 6.09 Å². The molecule has 0 bridgehead atoms. The second kappa shape index (κ2) is 6.39. The van der Waals surface area contributed by atoms with Crippen LogP contribution in [0.1, 0.15) is 11.3 Å². The molecule has 0 saturated heterocycles. The van der Waals surface area contributed by atoms with Crippen molar-refractivity contribution in [2.24, 2.45) is 0 Å². The summed E-state index contributed by atoms with van der Waals surface area (Å²) in [7, 11) is 0. The van der Waals surface area contributed by atoms with E-state index in [0.29, 0.717) is 6.54 Å². The number of phenolic OH excluding ortho intramolecular Hbond substituents is 1. The number of aromatic nitrogens is 1. The van der Waals surface area contributed by atoms with E-state index < -0.39 is 6.09 Å². The molecule has 0 fully saturated rings. The summed E-state index contributed by atoms with van der Waals surface area (Å²) in [5, 5.41) is 11.9. The molecular weight excluding hydrogens is 244 g/mol. The van der Waals surface area contributed by atoms with Gasteiger partial charge in [0, 0.05) is 6.20 Å². The molecule has 0 atom stereocenters. The van der Waals surface area contributed by atoms with Crippen LogP contribution < -0.4 is 5.32 Å². The Labute approximate surface area is 110 Å². The molecule has 0 saturated carbocycles. The molecule has 0 aliphatic heterocycles. The van der Waals surface area contributed by atoms with Crippen molar-refractivity contribution in [2.75, 3.05) is 0 Å². The standard InChI is InChI=1S/C14H14N2O3/c17-13-6-3-4-11(8-13)10-19-14(18)16-9-12-5-1-2-7-15-12/h1-8,17H,9-10H2,(H,16,18). The number of nitrogens with one attached hydrogen (secondary N) is 1. The highest BCUT2D eigenvalue weighted by Crippen LogP contribution is 2.11. The molecule has 1 aromatic heterocycles. The zero-order valence-corrected chi connectivity index (χ0v) is 10.2. The number of amides is 1. The van der Waals surface area contributed by atoms with Crippen LogP contribution in [-0.4, -0.2) is 16.2 Å². The van der Waals surface area contributed by atoms with Crippen LogP contribution in [0.2, 0.25) is 0 Å². The normalized spacial score (nSPS) is 9.89. The van der Waals surface area contributed by atoms with Gasteiger partial charge in [0.25, 0.3) is 0 Å². The van der Waals surface area contributed by atoms with Gasteiger partial charge in [0.15, 0.2) is 0 Å². The van der Waals surface area contributed by atoms with Crippen molar-refractivity contribution in [3.8, 4) is 5.75 Å². The Morgan fingerprint density at radius 3 is 2.89 bits per heavy atom. The summed E-state index contributed by atoms with van der Waals surface area (Å²) >= 11 is 0. The molecule has 0 unspecified atom stereocenters. The van der Waals surface area contributed by atoms with Crippen LogP contribution in [0.3, 0.4) is 0 Å². The van der Waals surface area contributed by atoms with Crippen LogP contribution in [0.5, 0.6) is 5.75 Å². The van der Waals surface area contributed by atoms with Gasteiger partial charge in [0.1, 0.15) is 12.4 Å². The Kier molecular flexibility index (Phi) is 4.34. The summed E-state index contributed by atoms with van der Waals surface area (Å²) < 4.78 is 5.02. The highest BCUT2D eigenvalue weighted by molar-refractivity contribution is 5.67. The topological polar surface area (TPSA) is 71.5 Å². The average Bonchev–Trinajstić information content (AvgIpc) is 2.44. The van der Waals surface area contributed by atoms with E-state index in [1.165, 1.54) is 0 Å². The Hall–Kier alpha value is -2.56. The summed E-state index contributed by atoms with van der Waals surface area (Å²) in [5.74, 6) is 0.148. The summed E-state index contributed by atoms with van der Waals surface area (Å²) in [6, 6.07) is 12.0. The number of benzene rings is 1. The second-order valence-electron chi connectivity index (χ2n) is 3.92. The molecular formula is C14H14N2O3. The molecule has 2 aromatic rings. The van der Waals surface area contributed by atoms with Gasteiger partial charge in [0.05, 0.1) is 12.2 Å².